The third-order valence-electron chi connectivity index (χ3n) is 3.88. The van der Waals surface area contributed by atoms with Crippen molar-refractivity contribution in [2.75, 3.05) is 27.3 Å². The predicted molar refractivity (Wildman–Crippen MR) is 80.6 cm³/mol. The number of primary amides is 1. The highest BCUT2D eigenvalue weighted by Crippen LogP contribution is 2.24. The first-order valence-corrected chi connectivity index (χ1v) is 7.12. The molecule has 2 rings (SSSR count). The molecular weight excluding hydrogens is 270 g/mol. The largest absolute Gasteiger partial charge is 0.497 e. The number of benzene rings is 1. The van der Waals surface area contributed by atoms with Crippen LogP contribution >= 0.6 is 0 Å². The average molecular weight is 293 g/mol. The minimum atomic E-state index is -0.328. The van der Waals surface area contributed by atoms with Gasteiger partial charge in [0.15, 0.2) is 0 Å². The SMILES string of the molecule is COc1ccc(CNC2CCN(C(N)=O)CC2)c(OC)c1. The molecule has 1 aromatic carbocycles. The van der Waals surface area contributed by atoms with E-state index in [1.165, 1.54) is 0 Å². The van der Waals surface area contributed by atoms with E-state index >= 15 is 0 Å². The van der Waals surface area contributed by atoms with E-state index in [4.69, 9.17) is 15.2 Å². The lowest BCUT2D eigenvalue weighted by Gasteiger charge is -2.31. The highest BCUT2D eigenvalue weighted by molar-refractivity contribution is 5.72. The number of hydrogen-bond donors (Lipinski definition) is 2. The van der Waals surface area contributed by atoms with Gasteiger partial charge in [0.05, 0.1) is 14.2 Å². The number of ether oxygens (including phenoxy) is 2. The van der Waals surface area contributed by atoms with Gasteiger partial charge in [0.2, 0.25) is 0 Å². The van der Waals surface area contributed by atoms with Gasteiger partial charge in [-0.3, -0.25) is 0 Å². The molecule has 0 atom stereocenters. The maximum atomic E-state index is 11.1. The van der Waals surface area contributed by atoms with E-state index in [2.05, 4.69) is 5.32 Å². The zero-order chi connectivity index (χ0) is 15.2. The number of methoxy groups -OCH3 is 2. The van der Waals surface area contributed by atoms with Crippen molar-refractivity contribution >= 4 is 6.03 Å². The first kappa shape index (κ1) is 15.4. The molecule has 0 unspecified atom stereocenters. The lowest BCUT2D eigenvalue weighted by atomic mass is 10.0. The van der Waals surface area contributed by atoms with Crippen molar-refractivity contribution in [3.8, 4) is 11.5 Å². The topological polar surface area (TPSA) is 76.8 Å². The molecule has 6 heteroatoms. The summed E-state index contributed by atoms with van der Waals surface area (Å²) in [6.07, 6.45) is 1.84. The fourth-order valence-corrected chi connectivity index (χ4v) is 2.56. The van der Waals surface area contributed by atoms with E-state index in [9.17, 15) is 4.79 Å². The molecule has 0 bridgehead atoms. The molecular formula is C15H23N3O3. The van der Waals surface area contributed by atoms with Crippen LogP contribution in [0.4, 0.5) is 4.79 Å². The van der Waals surface area contributed by atoms with Gasteiger partial charge in [0.1, 0.15) is 11.5 Å². The van der Waals surface area contributed by atoms with Crippen molar-refractivity contribution in [3.05, 3.63) is 23.8 Å². The molecule has 1 heterocycles. The number of piperidine rings is 1. The molecule has 0 aromatic heterocycles. The first-order valence-electron chi connectivity index (χ1n) is 7.12. The Labute approximate surface area is 125 Å². The lowest BCUT2D eigenvalue weighted by molar-refractivity contribution is 0.185. The monoisotopic (exact) mass is 293 g/mol. The zero-order valence-corrected chi connectivity index (χ0v) is 12.6. The maximum Gasteiger partial charge on any atom is 0.314 e. The maximum absolute atomic E-state index is 11.1. The van der Waals surface area contributed by atoms with Gasteiger partial charge < -0.3 is 25.4 Å². The van der Waals surface area contributed by atoms with Crippen molar-refractivity contribution in [1.29, 1.82) is 0 Å². The Kier molecular flexibility index (Phi) is 5.27. The van der Waals surface area contributed by atoms with Crippen LogP contribution in [-0.4, -0.2) is 44.3 Å². The number of likely N-dealkylation sites (tertiary alicyclic amines) is 1. The first-order chi connectivity index (χ1) is 10.1. The Bertz CT molecular complexity index is 485. The van der Waals surface area contributed by atoms with Crippen LogP contribution < -0.4 is 20.5 Å². The second-order valence-corrected chi connectivity index (χ2v) is 5.16. The van der Waals surface area contributed by atoms with Crippen LogP contribution in [0.15, 0.2) is 18.2 Å². The van der Waals surface area contributed by atoms with Gasteiger partial charge in [-0.2, -0.15) is 0 Å². The summed E-state index contributed by atoms with van der Waals surface area (Å²) in [5.74, 6) is 1.60. The number of urea groups is 1. The van der Waals surface area contributed by atoms with Crippen molar-refractivity contribution in [2.45, 2.75) is 25.4 Å². The van der Waals surface area contributed by atoms with Crippen molar-refractivity contribution in [1.82, 2.24) is 10.2 Å². The molecule has 1 aliphatic heterocycles. The Morgan fingerprint density at radius 3 is 2.62 bits per heavy atom. The molecule has 116 valence electrons. The van der Waals surface area contributed by atoms with E-state index in [0.717, 1.165) is 36.4 Å². The van der Waals surface area contributed by atoms with Crippen molar-refractivity contribution in [2.24, 2.45) is 5.73 Å². The molecule has 3 N–H and O–H groups in total. The van der Waals surface area contributed by atoms with E-state index in [1.807, 2.05) is 18.2 Å². The number of carbonyl (C=O) groups is 1. The summed E-state index contributed by atoms with van der Waals surface area (Å²) >= 11 is 0. The minimum Gasteiger partial charge on any atom is -0.497 e. The van der Waals surface area contributed by atoms with Gasteiger partial charge >= 0.3 is 6.03 Å². The number of rotatable bonds is 5. The zero-order valence-electron chi connectivity index (χ0n) is 12.6. The number of hydrogen-bond acceptors (Lipinski definition) is 4. The Morgan fingerprint density at radius 1 is 1.33 bits per heavy atom. The molecule has 6 nitrogen and oxygen atoms in total. The second kappa shape index (κ2) is 7.17. The van der Waals surface area contributed by atoms with Gasteiger partial charge in [0.25, 0.3) is 0 Å². The molecule has 1 aliphatic rings. The van der Waals surface area contributed by atoms with E-state index in [0.29, 0.717) is 19.1 Å². The molecule has 1 aromatic rings. The second-order valence-electron chi connectivity index (χ2n) is 5.16. The van der Waals surface area contributed by atoms with Crippen LogP contribution in [-0.2, 0) is 6.54 Å². The number of carbonyl (C=O) groups excluding carboxylic acids is 1. The fraction of sp³-hybridized carbons (Fsp3) is 0.533. The van der Waals surface area contributed by atoms with Gasteiger partial charge in [-0.15, -0.1) is 0 Å². The normalized spacial score (nSPS) is 15.8. The molecule has 0 spiro atoms. The van der Waals surface area contributed by atoms with Crippen LogP contribution in [0.1, 0.15) is 18.4 Å². The molecule has 21 heavy (non-hydrogen) atoms. The number of nitrogens with zero attached hydrogens (tertiary/aromatic N) is 1. The summed E-state index contributed by atoms with van der Waals surface area (Å²) in [6, 6.07) is 5.88. The van der Waals surface area contributed by atoms with Gasteiger partial charge in [-0.25, -0.2) is 4.79 Å². The molecule has 0 radical (unpaired) electrons. The number of nitrogens with one attached hydrogen (secondary N) is 1. The average Bonchev–Trinajstić information content (AvgIpc) is 2.53. The quantitative estimate of drug-likeness (QED) is 0.859. The molecule has 1 fully saturated rings. The summed E-state index contributed by atoms with van der Waals surface area (Å²) in [4.78, 5) is 12.8. The third kappa shape index (κ3) is 4.01. The lowest BCUT2D eigenvalue weighted by Crippen LogP contribution is -2.46. The summed E-state index contributed by atoms with van der Waals surface area (Å²) in [5, 5.41) is 3.51. The highest BCUT2D eigenvalue weighted by atomic mass is 16.5. The summed E-state index contributed by atoms with van der Waals surface area (Å²) in [5.41, 5.74) is 6.37. The Hall–Kier alpha value is -1.95. The molecule has 2 amide bonds. The fourth-order valence-electron chi connectivity index (χ4n) is 2.56. The van der Waals surface area contributed by atoms with Crippen molar-refractivity contribution in [3.63, 3.8) is 0 Å². The third-order valence-corrected chi connectivity index (χ3v) is 3.88. The van der Waals surface area contributed by atoms with Crippen molar-refractivity contribution < 1.29 is 14.3 Å². The van der Waals surface area contributed by atoms with Crippen LogP contribution in [0.3, 0.4) is 0 Å². The molecule has 0 saturated carbocycles. The highest BCUT2D eigenvalue weighted by Gasteiger charge is 2.20. The van der Waals surface area contributed by atoms with Crippen LogP contribution in [0.2, 0.25) is 0 Å². The van der Waals surface area contributed by atoms with Crippen LogP contribution in [0, 0.1) is 0 Å². The summed E-state index contributed by atoms with van der Waals surface area (Å²) in [7, 11) is 3.29. The Balaban J connectivity index is 1.87. The summed E-state index contributed by atoms with van der Waals surface area (Å²) in [6.45, 7) is 2.16. The standard InChI is InChI=1S/C15H23N3O3/c1-20-13-4-3-11(14(9-13)21-2)10-17-12-5-7-18(8-6-12)15(16)19/h3-4,9,12,17H,5-8,10H2,1-2H3,(H2,16,19). The Morgan fingerprint density at radius 2 is 2.05 bits per heavy atom. The van der Waals surface area contributed by atoms with E-state index in [-0.39, 0.29) is 6.03 Å². The predicted octanol–water partition coefficient (Wildman–Crippen LogP) is 1.34. The van der Waals surface area contributed by atoms with E-state index < -0.39 is 0 Å². The van der Waals surface area contributed by atoms with E-state index in [1.54, 1.807) is 19.1 Å². The smallest absolute Gasteiger partial charge is 0.314 e. The van der Waals surface area contributed by atoms with Crippen LogP contribution in [0.25, 0.3) is 0 Å². The molecule has 0 aliphatic carbocycles. The van der Waals surface area contributed by atoms with Gasteiger partial charge in [-0.05, 0) is 18.9 Å². The van der Waals surface area contributed by atoms with Gasteiger partial charge in [-0.1, -0.05) is 6.07 Å². The number of nitrogens with two attached hydrogens (primary N) is 1. The van der Waals surface area contributed by atoms with Crippen LogP contribution in [0.5, 0.6) is 11.5 Å². The van der Waals surface area contributed by atoms with Gasteiger partial charge in [0, 0.05) is 37.3 Å². The summed E-state index contributed by atoms with van der Waals surface area (Å²) < 4.78 is 10.6. The number of amides is 2. The minimum absolute atomic E-state index is 0.328. The molecule has 1 saturated heterocycles.